The Morgan fingerprint density at radius 3 is 3.00 bits per heavy atom. The number of nitrogens with zero attached hydrogens (tertiary/aromatic N) is 2. The largest absolute Gasteiger partial charge is 0.475 e. The van der Waals surface area contributed by atoms with Crippen LogP contribution in [0.15, 0.2) is 6.33 Å². The molecule has 0 spiro atoms. The van der Waals surface area contributed by atoms with E-state index in [1.807, 2.05) is 0 Å². The molecule has 6 heteroatoms. The summed E-state index contributed by atoms with van der Waals surface area (Å²) in [6, 6.07) is 0. The predicted molar refractivity (Wildman–Crippen MR) is 42.8 cm³/mol. The average Bonchev–Trinajstić information content (AvgIpc) is 2.61. The van der Waals surface area contributed by atoms with Crippen LogP contribution < -0.4 is 0 Å². The van der Waals surface area contributed by atoms with Gasteiger partial charge in [0.25, 0.3) is 5.78 Å². The number of rotatable bonds is 2. The normalized spacial score (nSPS) is 19.4. The van der Waals surface area contributed by atoms with Gasteiger partial charge in [0.15, 0.2) is 0 Å². The molecule has 0 aliphatic carbocycles. The summed E-state index contributed by atoms with van der Waals surface area (Å²) in [4.78, 5) is 25.1. The number of hydrogen-bond donors (Lipinski definition) is 1. The van der Waals surface area contributed by atoms with Crippen molar-refractivity contribution in [2.45, 2.75) is 19.1 Å². The van der Waals surface area contributed by atoms with E-state index in [9.17, 15) is 14.0 Å². The summed E-state index contributed by atoms with van der Waals surface area (Å²) < 4.78 is 14.4. The summed E-state index contributed by atoms with van der Waals surface area (Å²) >= 11 is 0. The van der Waals surface area contributed by atoms with Crippen LogP contribution >= 0.6 is 0 Å². The minimum atomic E-state index is -1.56. The zero-order chi connectivity index (χ0) is 10.3. The second-order valence-electron chi connectivity index (χ2n) is 3.13. The van der Waals surface area contributed by atoms with Crippen LogP contribution in [-0.2, 0) is 17.8 Å². The van der Waals surface area contributed by atoms with Gasteiger partial charge in [0, 0.05) is 6.42 Å². The van der Waals surface area contributed by atoms with E-state index < -0.39 is 17.9 Å². The number of halogens is 1. The van der Waals surface area contributed by atoms with E-state index in [1.54, 1.807) is 0 Å². The Morgan fingerprint density at radius 1 is 1.64 bits per heavy atom. The summed E-state index contributed by atoms with van der Waals surface area (Å²) in [5.74, 6) is -2.64. The highest BCUT2D eigenvalue weighted by molar-refractivity contribution is 6.39. The number of ketones is 1. The van der Waals surface area contributed by atoms with Crippen molar-refractivity contribution in [1.82, 2.24) is 9.55 Å². The first-order valence-electron chi connectivity index (χ1n) is 4.05. The van der Waals surface area contributed by atoms with E-state index in [2.05, 4.69) is 4.98 Å². The van der Waals surface area contributed by atoms with Gasteiger partial charge in [-0.3, -0.25) is 4.79 Å². The van der Waals surface area contributed by atoms with E-state index in [0.29, 0.717) is 5.69 Å². The summed E-state index contributed by atoms with van der Waals surface area (Å²) in [5.41, 5.74) is 0.238. The Morgan fingerprint density at radius 2 is 2.36 bits per heavy atom. The molecule has 0 amide bonds. The first-order valence-corrected chi connectivity index (χ1v) is 4.05. The number of carbonyl (C=O) groups is 2. The molecule has 5 nitrogen and oxygen atoms in total. The number of carboxylic acid groups (broad SMARTS) is 1. The van der Waals surface area contributed by atoms with E-state index in [-0.39, 0.29) is 18.7 Å². The van der Waals surface area contributed by atoms with Crippen molar-refractivity contribution in [2.75, 3.05) is 0 Å². The molecule has 0 unspecified atom stereocenters. The lowest BCUT2D eigenvalue weighted by Gasteiger charge is -1.94. The number of aliphatic carboxylic acids is 1. The Bertz CT molecular complexity index is 413. The van der Waals surface area contributed by atoms with Gasteiger partial charge in [-0.1, -0.05) is 0 Å². The Balaban J connectivity index is 2.38. The van der Waals surface area contributed by atoms with Gasteiger partial charge in [-0.25, -0.2) is 14.2 Å². The molecule has 1 aromatic rings. The molecule has 0 fully saturated rings. The van der Waals surface area contributed by atoms with Gasteiger partial charge in [-0.15, -0.1) is 0 Å². The number of hydrogen-bond acceptors (Lipinski definition) is 3. The second kappa shape index (κ2) is 2.90. The summed E-state index contributed by atoms with van der Waals surface area (Å²) in [7, 11) is 0. The van der Waals surface area contributed by atoms with Gasteiger partial charge in [0.1, 0.15) is 11.9 Å². The van der Waals surface area contributed by atoms with Crippen molar-refractivity contribution in [3.8, 4) is 0 Å². The molecule has 1 aliphatic rings. The van der Waals surface area contributed by atoms with Crippen molar-refractivity contribution in [1.29, 1.82) is 0 Å². The summed E-state index contributed by atoms with van der Waals surface area (Å²) in [6.45, 7) is 0.148. The third-order valence-corrected chi connectivity index (χ3v) is 2.17. The minimum absolute atomic E-state index is 0.0638. The molecule has 1 atom stereocenters. The monoisotopic (exact) mass is 198 g/mol. The van der Waals surface area contributed by atoms with Gasteiger partial charge in [0.05, 0.1) is 18.6 Å². The SMILES string of the molecule is O=C(O)C(=O)c1ncn2c1C[C@@H](F)C2. The summed E-state index contributed by atoms with van der Waals surface area (Å²) in [5, 5.41) is 8.46. The van der Waals surface area contributed by atoms with Crippen LogP contribution in [-0.4, -0.2) is 32.6 Å². The number of imidazole rings is 1. The highest BCUT2D eigenvalue weighted by Gasteiger charge is 2.29. The molecule has 1 aromatic heterocycles. The maximum Gasteiger partial charge on any atom is 0.379 e. The molecule has 1 N–H and O–H groups in total. The fraction of sp³-hybridized carbons (Fsp3) is 0.375. The fourth-order valence-corrected chi connectivity index (χ4v) is 1.56. The molecule has 0 saturated heterocycles. The first kappa shape index (κ1) is 8.86. The van der Waals surface area contributed by atoms with Gasteiger partial charge in [-0.05, 0) is 0 Å². The lowest BCUT2D eigenvalue weighted by atomic mass is 10.2. The van der Waals surface area contributed by atoms with Crippen LogP contribution in [0.5, 0.6) is 0 Å². The smallest absolute Gasteiger partial charge is 0.379 e. The van der Waals surface area contributed by atoms with E-state index >= 15 is 0 Å². The van der Waals surface area contributed by atoms with Gasteiger partial charge >= 0.3 is 5.97 Å². The van der Waals surface area contributed by atoms with Crippen LogP contribution in [0.3, 0.4) is 0 Å². The third-order valence-electron chi connectivity index (χ3n) is 2.17. The van der Waals surface area contributed by atoms with Crippen LogP contribution in [0.2, 0.25) is 0 Å². The number of aromatic nitrogens is 2. The number of carbonyl (C=O) groups excluding carboxylic acids is 1. The zero-order valence-electron chi connectivity index (χ0n) is 7.11. The van der Waals surface area contributed by atoms with Gasteiger partial charge < -0.3 is 9.67 Å². The van der Waals surface area contributed by atoms with Crippen molar-refractivity contribution in [3.05, 3.63) is 17.7 Å². The molecule has 0 aromatic carbocycles. The molecular formula is C8H7FN2O3. The van der Waals surface area contributed by atoms with Gasteiger partial charge in [-0.2, -0.15) is 0 Å². The Labute approximate surface area is 78.2 Å². The molecule has 2 heterocycles. The van der Waals surface area contributed by atoms with Crippen molar-refractivity contribution >= 4 is 11.8 Å². The Hall–Kier alpha value is -1.72. The van der Waals surface area contributed by atoms with Crippen LogP contribution in [0, 0.1) is 0 Å². The lowest BCUT2D eigenvalue weighted by Crippen LogP contribution is -2.15. The fourth-order valence-electron chi connectivity index (χ4n) is 1.56. The maximum atomic E-state index is 12.9. The van der Waals surface area contributed by atoms with Crippen LogP contribution in [0.4, 0.5) is 4.39 Å². The molecule has 14 heavy (non-hydrogen) atoms. The van der Waals surface area contributed by atoms with Crippen LogP contribution in [0.25, 0.3) is 0 Å². The molecule has 0 radical (unpaired) electrons. The van der Waals surface area contributed by atoms with Crippen molar-refractivity contribution in [3.63, 3.8) is 0 Å². The third kappa shape index (κ3) is 1.19. The molecule has 0 bridgehead atoms. The number of carboxylic acids is 1. The highest BCUT2D eigenvalue weighted by atomic mass is 19.1. The molecular weight excluding hydrogens is 191 g/mol. The van der Waals surface area contributed by atoms with E-state index in [0.717, 1.165) is 0 Å². The number of Topliss-reactive ketones (excluding diaryl/α,β-unsaturated/α-hetero) is 1. The second-order valence-corrected chi connectivity index (χ2v) is 3.13. The average molecular weight is 198 g/mol. The molecule has 0 saturated carbocycles. The van der Waals surface area contributed by atoms with E-state index in [1.165, 1.54) is 10.9 Å². The Kier molecular flexibility index (Phi) is 1.83. The number of fused-ring (bicyclic) bond motifs is 1. The lowest BCUT2D eigenvalue weighted by molar-refractivity contribution is -0.131. The summed E-state index contributed by atoms with van der Waals surface area (Å²) in [6.07, 6.45) is 0.313. The minimum Gasteiger partial charge on any atom is -0.475 e. The standard InChI is InChI=1S/C8H7FN2O3/c9-4-1-5-6(7(12)8(13)14)10-3-11(5)2-4/h3-4H,1-2H2,(H,13,14)/t4-/m1/s1. The zero-order valence-corrected chi connectivity index (χ0v) is 7.11. The molecule has 74 valence electrons. The highest BCUT2D eigenvalue weighted by Crippen LogP contribution is 2.20. The quantitative estimate of drug-likeness (QED) is 0.538. The molecule has 1 aliphatic heterocycles. The van der Waals surface area contributed by atoms with Gasteiger partial charge in [0.2, 0.25) is 0 Å². The first-order chi connectivity index (χ1) is 6.59. The van der Waals surface area contributed by atoms with Crippen LogP contribution in [0.1, 0.15) is 16.2 Å². The van der Waals surface area contributed by atoms with Crippen molar-refractivity contribution < 1.29 is 19.1 Å². The molecule has 2 rings (SSSR count). The van der Waals surface area contributed by atoms with E-state index in [4.69, 9.17) is 5.11 Å². The number of alkyl halides is 1. The maximum absolute atomic E-state index is 12.9. The topological polar surface area (TPSA) is 72.2 Å². The van der Waals surface area contributed by atoms with Crippen molar-refractivity contribution in [2.24, 2.45) is 0 Å². The predicted octanol–water partition coefficient (Wildman–Crippen LogP) is 0.0446.